The summed E-state index contributed by atoms with van der Waals surface area (Å²) in [5, 5.41) is 15.8. The molecule has 0 unspecified atom stereocenters. The summed E-state index contributed by atoms with van der Waals surface area (Å²) in [5.74, 6) is -0.611. The van der Waals surface area contributed by atoms with E-state index < -0.39 is 38.0 Å². The fraction of sp³-hybridized carbons (Fsp3) is 0.462. The van der Waals surface area contributed by atoms with Crippen molar-refractivity contribution in [3.05, 3.63) is 64.7 Å². The second-order valence-electron chi connectivity index (χ2n) is 8.97. The summed E-state index contributed by atoms with van der Waals surface area (Å²) in [7, 11) is -4.41. The van der Waals surface area contributed by atoms with Crippen LogP contribution in [0.5, 0.6) is 0 Å². The molecule has 9 nitrogen and oxygen atoms in total. The van der Waals surface area contributed by atoms with E-state index in [-0.39, 0.29) is 5.69 Å². The highest BCUT2D eigenvalue weighted by molar-refractivity contribution is 7.93. The van der Waals surface area contributed by atoms with Crippen molar-refractivity contribution in [2.75, 3.05) is 10.8 Å². The van der Waals surface area contributed by atoms with Gasteiger partial charge in [0.25, 0.3) is 21.6 Å². The van der Waals surface area contributed by atoms with Crippen LogP contribution in [0.3, 0.4) is 0 Å². The third kappa shape index (κ3) is 7.87. The molecule has 10 heteroatoms. The number of benzene rings is 2. The van der Waals surface area contributed by atoms with Crippen LogP contribution in [0.4, 0.5) is 11.4 Å². The molecule has 0 heterocycles. The van der Waals surface area contributed by atoms with Crippen LogP contribution in [0.1, 0.15) is 70.6 Å². The van der Waals surface area contributed by atoms with E-state index >= 15 is 0 Å². The summed E-state index contributed by atoms with van der Waals surface area (Å²) in [5.41, 5.74) is 3.13. The lowest BCUT2D eigenvalue weighted by molar-refractivity contribution is -0.387. The molecule has 0 saturated heterocycles. The maximum absolute atomic E-state index is 13.5. The van der Waals surface area contributed by atoms with Gasteiger partial charge >= 0.3 is 0 Å². The molecule has 194 valence electrons. The van der Waals surface area contributed by atoms with E-state index in [0.29, 0.717) is 0 Å². The standard InChI is InChI=1S/C26H34N4O5S/c31-26(28-27-22-15-9-6-4-2-1-3-5-7-10-16-22)21-29(23-17-11-8-12-18-23)36(34,35)25-20-14-13-19-24(25)30(32)33/h8,11-14,17-20H,1-7,9-10,15-16,21H2,(H,28,31). The van der Waals surface area contributed by atoms with Crippen LogP contribution in [-0.4, -0.2) is 31.5 Å². The molecule has 2 aromatic rings. The Morgan fingerprint density at radius 2 is 1.39 bits per heavy atom. The zero-order chi connectivity index (χ0) is 25.8. The first kappa shape index (κ1) is 27.3. The summed E-state index contributed by atoms with van der Waals surface area (Å²) in [6, 6.07) is 13.2. The molecule has 1 aliphatic carbocycles. The number of nitrogens with one attached hydrogen (secondary N) is 1. The first-order valence-electron chi connectivity index (χ1n) is 12.5. The zero-order valence-corrected chi connectivity index (χ0v) is 21.3. The second-order valence-corrected chi connectivity index (χ2v) is 10.8. The number of carbonyl (C=O) groups is 1. The van der Waals surface area contributed by atoms with E-state index in [9.17, 15) is 23.3 Å². The molecule has 2 aromatic carbocycles. The van der Waals surface area contributed by atoms with Gasteiger partial charge in [-0.15, -0.1) is 0 Å². The minimum atomic E-state index is -4.41. The topological polar surface area (TPSA) is 122 Å². The molecule has 0 aromatic heterocycles. The number of hydrazone groups is 1. The number of para-hydroxylation sites is 2. The summed E-state index contributed by atoms with van der Waals surface area (Å²) in [4.78, 5) is 23.2. The SMILES string of the molecule is O=C(CN(c1ccccc1)S(=O)(=O)c1ccccc1[N+](=O)[O-])NN=C1CCCCCCCCCCC1. The van der Waals surface area contributed by atoms with Gasteiger partial charge in [0.05, 0.1) is 10.6 Å². The lowest BCUT2D eigenvalue weighted by Crippen LogP contribution is -2.40. The van der Waals surface area contributed by atoms with Crippen LogP contribution in [0.15, 0.2) is 64.6 Å². The molecule has 0 aliphatic heterocycles. The highest BCUT2D eigenvalue weighted by Gasteiger charge is 2.33. The van der Waals surface area contributed by atoms with Crippen LogP contribution >= 0.6 is 0 Å². The Kier molecular flexibility index (Phi) is 10.4. The van der Waals surface area contributed by atoms with Crippen molar-refractivity contribution in [1.29, 1.82) is 0 Å². The van der Waals surface area contributed by atoms with E-state index in [2.05, 4.69) is 10.5 Å². The third-order valence-electron chi connectivity index (χ3n) is 6.23. The van der Waals surface area contributed by atoms with Gasteiger partial charge < -0.3 is 0 Å². The second kappa shape index (κ2) is 13.7. The predicted octanol–water partition coefficient (Wildman–Crippen LogP) is 5.57. The number of hydrogen-bond donors (Lipinski definition) is 1. The molecule has 0 atom stereocenters. The maximum atomic E-state index is 13.5. The van der Waals surface area contributed by atoms with Crippen LogP contribution in [0.2, 0.25) is 0 Å². The van der Waals surface area contributed by atoms with Gasteiger partial charge in [0, 0.05) is 11.8 Å². The monoisotopic (exact) mass is 514 g/mol. The first-order chi connectivity index (χ1) is 17.4. The summed E-state index contributed by atoms with van der Waals surface area (Å²) >= 11 is 0. The van der Waals surface area contributed by atoms with E-state index in [0.717, 1.165) is 54.6 Å². The number of hydrogen-bond acceptors (Lipinski definition) is 6. The number of amides is 1. The zero-order valence-electron chi connectivity index (χ0n) is 20.5. The third-order valence-corrected chi connectivity index (χ3v) is 8.05. The summed E-state index contributed by atoms with van der Waals surface area (Å²) in [6.45, 7) is -0.560. The van der Waals surface area contributed by atoms with Crippen molar-refractivity contribution < 1.29 is 18.1 Å². The normalized spacial score (nSPS) is 15.7. The van der Waals surface area contributed by atoms with Gasteiger partial charge in [-0.2, -0.15) is 5.10 Å². The minimum absolute atomic E-state index is 0.226. The van der Waals surface area contributed by atoms with Crippen molar-refractivity contribution in [3.63, 3.8) is 0 Å². The highest BCUT2D eigenvalue weighted by Crippen LogP contribution is 2.29. The maximum Gasteiger partial charge on any atom is 0.289 e. The average molecular weight is 515 g/mol. The number of rotatable bonds is 7. The quantitative estimate of drug-likeness (QED) is 0.382. The molecular formula is C26H34N4O5S. The minimum Gasteiger partial charge on any atom is -0.271 e. The van der Waals surface area contributed by atoms with Crippen molar-refractivity contribution in [3.8, 4) is 0 Å². The lowest BCUT2D eigenvalue weighted by atomic mass is 10.00. The Labute approximate surface area is 212 Å². The smallest absolute Gasteiger partial charge is 0.271 e. The molecule has 0 radical (unpaired) electrons. The van der Waals surface area contributed by atoms with Crippen LogP contribution in [-0.2, 0) is 14.8 Å². The largest absolute Gasteiger partial charge is 0.289 e. The van der Waals surface area contributed by atoms with Crippen molar-refractivity contribution in [2.24, 2.45) is 5.10 Å². The van der Waals surface area contributed by atoms with Gasteiger partial charge in [0.1, 0.15) is 6.54 Å². The van der Waals surface area contributed by atoms with Gasteiger partial charge in [-0.05, 0) is 43.9 Å². The molecule has 1 aliphatic rings. The van der Waals surface area contributed by atoms with Crippen molar-refractivity contribution in [2.45, 2.75) is 75.5 Å². The van der Waals surface area contributed by atoms with Crippen LogP contribution in [0, 0.1) is 10.1 Å². The fourth-order valence-electron chi connectivity index (χ4n) is 4.29. The number of sulfonamides is 1. The van der Waals surface area contributed by atoms with Crippen LogP contribution < -0.4 is 9.73 Å². The molecular weight excluding hydrogens is 480 g/mol. The molecule has 1 N–H and O–H groups in total. The summed E-state index contributed by atoms with van der Waals surface area (Å²) < 4.78 is 27.9. The number of nitrogens with zero attached hydrogens (tertiary/aromatic N) is 3. The molecule has 1 fully saturated rings. The fourth-order valence-corrected chi connectivity index (χ4v) is 5.87. The Morgan fingerprint density at radius 3 is 1.97 bits per heavy atom. The lowest BCUT2D eigenvalue weighted by Gasteiger charge is -2.23. The van der Waals surface area contributed by atoms with Crippen molar-refractivity contribution >= 4 is 33.0 Å². The van der Waals surface area contributed by atoms with Gasteiger partial charge in [-0.25, -0.2) is 13.8 Å². The first-order valence-corrected chi connectivity index (χ1v) is 14.0. The van der Waals surface area contributed by atoms with E-state index in [1.807, 2.05) is 0 Å². The Bertz CT molecular complexity index is 1140. The molecule has 1 amide bonds. The van der Waals surface area contributed by atoms with E-state index in [1.165, 1.54) is 50.3 Å². The van der Waals surface area contributed by atoms with Gasteiger partial charge in [0.15, 0.2) is 4.90 Å². The molecule has 3 rings (SSSR count). The Hall–Kier alpha value is -3.27. The van der Waals surface area contributed by atoms with Crippen LogP contribution in [0.25, 0.3) is 0 Å². The van der Waals surface area contributed by atoms with Gasteiger partial charge in [0.2, 0.25) is 0 Å². The average Bonchev–Trinajstić information content (AvgIpc) is 2.87. The molecule has 0 bridgehead atoms. The number of carbonyl (C=O) groups excluding carboxylic acids is 1. The van der Waals surface area contributed by atoms with E-state index in [4.69, 9.17) is 0 Å². The molecule has 1 saturated carbocycles. The number of nitro groups is 1. The highest BCUT2D eigenvalue weighted by atomic mass is 32.2. The van der Waals surface area contributed by atoms with Crippen molar-refractivity contribution in [1.82, 2.24) is 5.43 Å². The van der Waals surface area contributed by atoms with Gasteiger partial charge in [-0.1, -0.05) is 75.3 Å². The molecule has 0 spiro atoms. The number of nitro benzene ring substituents is 1. The summed E-state index contributed by atoms with van der Waals surface area (Å²) in [6.07, 6.45) is 12.1. The molecule has 36 heavy (non-hydrogen) atoms. The van der Waals surface area contributed by atoms with Gasteiger partial charge in [-0.3, -0.25) is 19.2 Å². The Balaban J connectivity index is 1.80. The van der Waals surface area contributed by atoms with E-state index in [1.54, 1.807) is 30.3 Å². The Morgan fingerprint density at radius 1 is 0.861 bits per heavy atom. The number of anilines is 1. The predicted molar refractivity (Wildman–Crippen MR) is 140 cm³/mol.